The summed E-state index contributed by atoms with van der Waals surface area (Å²) in [4.78, 5) is 0. The Balaban J connectivity index is 2.06. The molecule has 1 unspecified atom stereocenters. The Morgan fingerprint density at radius 1 is 1.35 bits per heavy atom. The van der Waals surface area contributed by atoms with Crippen LogP contribution in [0.1, 0.15) is 68.4 Å². The summed E-state index contributed by atoms with van der Waals surface area (Å²) in [5.41, 5.74) is 10.5. The zero-order valence-electron chi connectivity index (χ0n) is 11.3. The molecule has 1 aromatic heterocycles. The second kappa shape index (κ2) is 5.72. The topological polar surface area (TPSA) is 30.9 Å². The first-order valence-corrected chi connectivity index (χ1v) is 7.18. The number of nitrogens with zero attached hydrogens (tertiary/aromatic N) is 1. The van der Waals surface area contributed by atoms with Crippen LogP contribution in [0, 0.1) is 6.92 Å². The van der Waals surface area contributed by atoms with Crippen molar-refractivity contribution < 1.29 is 0 Å². The summed E-state index contributed by atoms with van der Waals surface area (Å²) >= 11 is 0. The number of hydrogen-bond acceptors (Lipinski definition) is 1. The minimum atomic E-state index is 0.286. The molecule has 0 bridgehead atoms. The van der Waals surface area contributed by atoms with Gasteiger partial charge in [0.05, 0.1) is 0 Å². The lowest BCUT2D eigenvalue weighted by atomic mass is 9.93. The summed E-state index contributed by atoms with van der Waals surface area (Å²) < 4.78 is 2.52. The van der Waals surface area contributed by atoms with E-state index in [2.05, 4.69) is 24.5 Å². The zero-order valence-corrected chi connectivity index (χ0v) is 11.3. The van der Waals surface area contributed by atoms with Crippen LogP contribution in [0.4, 0.5) is 0 Å². The minimum Gasteiger partial charge on any atom is -0.349 e. The molecule has 0 aliphatic heterocycles. The molecule has 17 heavy (non-hydrogen) atoms. The Bertz CT molecular complexity index is 365. The summed E-state index contributed by atoms with van der Waals surface area (Å²) in [5.74, 6) is 0. The maximum atomic E-state index is 6.19. The third-order valence-electron chi connectivity index (χ3n) is 4.01. The lowest BCUT2D eigenvalue weighted by Gasteiger charge is -2.21. The fourth-order valence-corrected chi connectivity index (χ4v) is 3.01. The van der Waals surface area contributed by atoms with Crippen LogP contribution in [0.25, 0.3) is 0 Å². The van der Waals surface area contributed by atoms with Gasteiger partial charge < -0.3 is 10.3 Å². The molecule has 0 fully saturated rings. The van der Waals surface area contributed by atoms with Crippen molar-refractivity contribution in [2.75, 3.05) is 0 Å². The van der Waals surface area contributed by atoms with Crippen molar-refractivity contribution in [2.45, 2.75) is 71.4 Å². The van der Waals surface area contributed by atoms with Gasteiger partial charge in [0.1, 0.15) is 0 Å². The molecular weight excluding hydrogens is 208 g/mol. The van der Waals surface area contributed by atoms with E-state index in [1.54, 1.807) is 0 Å². The predicted octanol–water partition coefficient (Wildman–Crippen LogP) is 3.71. The van der Waals surface area contributed by atoms with Gasteiger partial charge in [-0.25, -0.2) is 0 Å². The first-order chi connectivity index (χ1) is 8.24. The van der Waals surface area contributed by atoms with E-state index in [4.69, 9.17) is 5.73 Å². The van der Waals surface area contributed by atoms with Gasteiger partial charge in [-0.15, -0.1) is 0 Å². The average Bonchev–Trinajstić information content (AvgIpc) is 2.63. The smallest absolute Gasteiger partial charge is 0.0313 e. The molecule has 2 nitrogen and oxygen atoms in total. The first-order valence-electron chi connectivity index (χ1n) is 7.18. The molecule has 0 radical (unpaired) electrons. The monoisotopic (exact) mass is 234 g/mol. The molecule has 1 aromatic rings. The van der Waals surface area contributed by atoms with E-state index < -0.39 is 0 Å². The van der Waals surface area contributed by atoms with Crippen LogP contribution in [-0.2, 0) is 13.0 Å². The molecule has 0 amide bonds. The van der Waals surface area contributed by atoms with Crippen LogP contribution in [0.2, 0.25) is 0 Å². The van der Waals surface area contributed by atoms with Gasteiger partial charge in [0.15, 0.2) is 0 Å². The predicted molar refractivity (Wildman–Crippen MR) is 73.2 cm³/mol. The van der Waals surface area contributed by atoms with Crippen LogP contribution in [0.15, 0.2) is 6.07 Å². The SMILES string of the molecule is CCCCCCn1c(C)cc2c1CCCC2N. The molecule has 1 atom stereocenters. The van der Waals surface area contributed by atoms with Crippen molar-refractivity contribution >= 4 is 0 Å². The highest BCUT2D eigenvalue weighted by Gasteiger charge is 2.21. The highest BCUT2D eigenvalue weighted by Crippen LogP contribution is 2.30. The van der Waals surface area contributed by atoms with E-state index in [-0.39, 0.29) is 6.04 Å². The number of aromatic nitrogens is 1. The number of rotatable bonds is 5. The Morgan fingerprint density at radius 2 is 2.18 bits per heavy atom. The van der Waals surface area contributed by atoms with E-state index in [0.717, 1.165) is 6.42 Å². The van der Waals surface area contributed by atoms with Crippen LogP contribution in [-0.4, -0.2) is 4.57 Å². The molecule has 0 saturated carbocycles. The molecule has 2 rings (SSSR count). The molecule has 0 saturated heterocycles. The van der Waals surface area contributed by atoms with E-state index >= 15 is 0 Å². The molecule has 1 aliphatic carbocycles. The maximum absolute atomic E-state index is 6.19. The highest BCUT2D eigenvalue weighted by atomic mass is 15.0. The summed E-state index contributed by atoms with van der Waals surface area (Å²) in [6.07, 6.45) is 8.99. The molecule has 96 valence electrons. The molecule has 1 heterocycles. The largest absolute Gasteiger partial charge is 0.349 e. The van der Waals surface area contributed by atoms with Crippen molar-refractivity contribution in [1.29, 1.82) is 0 Å². The van der Waals surface area contributed by atoms with Crippen molar-refractivity contribution in [3.8, 4) is 0 Å². The van der Waals surface area contributed by atoms with Gasteiger partial charge in [-0.2, -0.15) is 0 Å². The van der Waals surface area contributed by atoms with Gasteiger partial charge in [0.25, 0.3) is 0 Å². The summed E-state index contributed by atoms with van der Waals surface area (Å²) in [7, 11) is 0. The van der Waals surface area contributed by atoms with Crippen LogP contribution >= 0.6 is 0 Å². The highest BCUT2D eigenvalue weighted by molar-refractivity contribution is 5.32. The Labute approximate surface area is 105 Å². The van der Waals surface area contributed by atoms with Gasteiger partial charge in [0, 0.05) is 24.0 Å². The van der Waals surface area contributed by atoms with E-state index in [9.17, 15) is 0 Å². The molecule has 0 spiro atoms. The van der Waals surface area contributed by atoms with E-state index in [0.29, 0.717) is 0 Å². The Morgan fingerprint density at radius 3 is 2.94 bits per heavy atom. The first kappa shape index (κ1) is 12.7. The molecule has 1 aliphatic rings. The van der Waals surface area contributed by atoms with Crippen LogP contribution in [0.5, 0.6) is 0 Å². The average molecular weight is 234 g/mol. The summed E-state index contributed by atoms with van der Waals surface area (Å²) in [6.45, 7) is 5.68. The third-order valence-corrected chi connectivity index (χ3v) is 4.01. The lowest BCUT2D eigenvalue weighted by Crippen LogP contribution is -2.18. The number of aryl methyl sites for hydroxylation is 1. The van der Waals surface area contributed by atoms with Gasteiger partial charge in [-0.1, -0.05) is 26.2 Å². The molecule has 2 N–H and O–H groups in total. The van der Waals surface area contributed by atoms with E-state index in [1.807, 2.05) is 0 Å². The number of hydrogen-bond donors (Lipinski definition) is 1. The normalized spacial score (nSPS) is 19.4. The summed E-state index contributed by atoms with van der Waals surface area (Å²) in [6, 6.07) is 2.60. The fourth-order valence-electron chi connectivity index (χ4n) is 3.01. The second-order valence-corrected chi connectivity index (χ2v) is 5.40. The van der Waals surface area contributed by atoms with Crippen molar-refractivity contribution in [1.82, 2.24) is 4.57 Å². The van der Waals surface area contributed by atoms with Gasteiger partial charge in [0.2, 0.25) is 0 Å². The third kappa shape index (κ3) is 2.74. The number of unbranched alkanes of at least 4 members (excludes halogenated alkanes) is 3. The van der Waals surface area contributed by atoms with Crippen LogP contribution in [0.3, 0.4) is 0 Å². The van der Waals surface area contributed by atoms with Crippen molar-refractivity contribution in [3.05, 3.63) is 23.0 Å². The molecule has 0 aromatic carbocycles. The molecule has 2 heteroatoms. The second-order valence-electron chi connectivity index (χ2n) is 5.40. The number of nitrogens with two attached hydrogens (primary N) is 1. The molecular formula is C15H26N2. The minimum absolute atomic E-state index is 0.286. The lowest BCUT2D eigenvalue weighted by molar-refractivity contribution is 0.517. The number of fused-ring (bicyclic) bond motifs is 1. The maximum Gasteiger partial charge on any atom is 0.0313 e. The van der Waals surface area contributed by atoms with E-state index in [1.165, 1.54) is 62.0 Å². The summed E-state index contributed by atoms with van der Waals surface area (Å²) in [5, 5.41) is 0. The zero-order chi connectivity index (χ0) is 12.3. The van der Waals surface area contributed by atoms with Gasteiger partial charge in [-0.3, -0.25) is 0 Å². The van der Waals surface area contributed by atoms with Crippen molar-refractivity contribution in [2.24, 2.45) is 5.73 Å². The van der Waals surface area contributed by atoms with Gasteiger partial charge >= 0.3 is 0 Å². The van der Waals surface area contributed by atoms with Gasteiger partial charge in [-0.05, 0) is 44.2 Å². The standard InChI is InChI=1S/C15H26N2/c1-3-4-5-6-10-17-12(2)11-13-14(16)8-7-9-15(13)17/h11,14H,3-10,16H2,1-2H3. The Kier molecular flexibility index (Phi) is 4.27. The fraction of sp³-hybridized carbons (Fsp3) is 0.733. The van der Waals surface area contributed by atoms with Crippen LogP contribution < -0.4 is 5.73 Å². The Hall–Kier alpha value is -0.760. The van der Waals surface area contributed by atoms with Crippen molar-refractivity contribution in [3.63, 3.8) is 0 Å². The quantitative estimate of drug-likeness (QED) is 0.774.